The number of carbonyl (C=O) groups excluding carboxylic acids is 2. The van der Waals surface area contributed by atoms with Gasteiger partial charge in [-0.05, 0) is 48.2 Å². The summed E-state index contributed by atoms with van der Waals surface area (Å²) >= 11 is 0. The number of anilines is 1. The molecular formula is C23H21N3O4. The number of nitrogens with zero attached hydrogens (tertiary/aromatic N) is 2. The highest BCUT2D eigenvalue weighted by atomic mass is 16.5. The van der Waals surface area contributed by atoms with Crippen LogP contribution in [-0.4, -0.2) is 35.9 Å². The molecule has 1 aliphatic rings. The van der Waals surface area contributed by atoms with Gasteiger partial charge in [0, 0.05) is 18.2 Å². The van der Waals surface area contributed by atoms with Gasteiger partial charge in [-0.1, -0.05) is 18.2 Å². The fourth-order valence-corrected chi connectivity index (χ4v) is 3.55. The number of ether oxygens (including phenoxy) is 2. The van der Waals surface area contributed by atoms with Gasteiger partial charge in [-0.2, -0.15) is 0 Å². The summed E-state index contributed by atoms with van der Waals surface area (Å²) in [5, 5.41) is 2.70. The Hall–Kier alpha value is -3.74. The van der Waals surface area contributed by atoms with Gasteiger partial charge in [-0.3, -0.25) is 14.9 Å². The van der Waals surface area contributed by atoms with E-state index < -0.39 is 0 Å². The van der Waals surface area contributed by atoms with Crippen molar-refractivity contribution in [3.63, 3.8) is 0 Å². The molecule has 0 saturated carbocycles. The smallest absolute Gasteiger partial charge is 0.258 e. The van der Waals surface area contributed by atoms with E-state index in [-0.39, 0.29) is 23.6 Å². The van der Waals surface area contributed by atoms with Crippen molar-refractivity contribution >= 4 is 17.6 Å². The highest BCUT2D eigenvalue weighted by molar-refractivity contribution is 6.04. The molecule has 0 radical (unpaired) electrons. The van der Waals surface area contributed by atoms with E-state index in [2.05, 4.69) is 15.3 Å². The Bertz CT molecular complexity index is 1100. The minimum Gasteiger partial charge on any atom is -0.497 e. The summed E-state index contributed by atoms with van der Waals surface area (Å²) < 4.78 is 10.4. The van der Waals surface area contributed by atoms with Crippen LogP contribution in [0, 0.1) is 0 Å². The van der Waals surface area contributed by atoms with E-state index in [1.807, 2.05) is 24.3 Å². The third-order valence-corrected chi connectivity index (χ3v) is 5.18. The van der Waals surface area contributed by atoms with Crippen LogP contribution in [0.25, 0.3) is 0 Å². The second-order valence-electron chi connectivity index (χ2n) is 7.04. The molecule has 2 aromatic carbocycles. The minimum absolute atomic E-state index is 0.00254. The molecule has 1 atom stereocenters. The molecule has 1 N–H and O–H groups in total. The molecule has 0 fully saturated rings. The van der Waals surface area contributed by atoms with Crippen LogP contribution < -0.4 is 14.8 Å². The molecule has 1 aromatic heterocycles. The van der Waals surface area contributed by atoms with Gasteiger partial charge in [0.2, 0.25) is 5.95 Å². The van der Waals surface area contributed by atoms with Crippen molar-refractivity contribution in [1.82, 2.24) is 9.97 Å². The zero-order chi connectivity index (χ0) is 21.1. The molecule has 3 aromatic rings. The van der Waals surface area contributed by atoms with Crippen molar-refractivity contribution < 1.29 is 19.1 Å². The third-order valence-electron chi connectivity index (χ3n) is 5.18. The standard InChI is InChI=1S/C23H21N3O4/c1-29-17-8-6-14(7-9-17)16-11-20-19(21(27)12-16)13-24-23(25-20)26-22(28)15-4-3-5-18(10-15)30-2/h3-10,13,16H,11-12H2,1-2H3,(H,24,25,26,28)/t16-/m1/s1. The lowest BCUT2D eigenvalue weighted by molar-refractivity contribution is 0.0962. The molecule has 7 heteroatoms. The first kappa shape index (κ1) is 19.6. The van der Waals surface area contributed by atoms with Gasteiger partial charge in [-0.25, -0.2) is 9.97 Å². The number of aromatic nitrogens is 2. The van der Waals surface area contributed by atoms with Gasteiger partial charge in [-0.15, -0.1) is 0 Å². The molecule has 0 saturated heterocycles. The number of benzene rings is 2. The SMILES string of the molecule is COc1ccc([C@H]2CC(=O)c3cnc(NC(=O)c4cccc(OC)c4)nc3C2)cc1. The number of ketones is 1. The predicted octanol–water partition coefficient (Wildman–Crippen LogP) is 3.66. The van der Waals surface area contributed by atoms with E-state index >= 15 is 0 Å². The van der Waals surface area contributed by atoms with Gasteiger partial charge in [0.25, 0.3) is 5.91 Å². The molecule has 152 valence electrons. The zero-order valence-corrected chi connectivity index (χ0v) is 16.7. The number of hydrogen-bond acceptors (Lipinski definition) is 6. The fourth-order valence-electron chi connectivity index (χ4n) is 3.55. The second-order valence-corrected chi connectivity index (χ2v) is 7.04. The van der Waals surface area contributed by atoms with E-state index in [1.54, 1.807) is 38.5 Å². The van der Waals surface area contributed by atoms with Crippen molar-refractivity contribution in [1.29, 1.82) is 0 Å². The molecule has 4 rings (SSSR count). The van der Waals surface area contributed by atoms with Gasteiger partial charge in [0.15, 0.2) is 5.78 Å². The number of fused-ring (bicyclic) bond motifs is 1. The maximum absolute atomic E-state index is 12.6. The number of nitrogens with one attached hydrogen (secondary N) is 1. The summed E-state index contributed by atoms with van der Waals surface area (Å²) in [5.41, 5.74) is 2.64. The Morgan fingerprint density at radius 1 is 1.03 bits per heavy atom. The molecule has 1 amide bonds. The summed E-state index contributed by atoms with van der Waals surface area (Å²) in [5.74, 6) is 1.20. The van der Waals surface area contributed by atoms with E-state index in [0.717, 1.165) is 11.3 Å². The minimum atomic E-state index is -0.345. The van der Waals surface area contributed by atoms with Crippen LogP contribution in [0.5, 0.6) is 11.5 Å². The lowest BCUT2D eigenvalue weighted by atomic mass is 9.82. The summed E-state index contributed by atoms with van der Waals surface area (Å²) in [6.45, 7) is 0. The normalized spacial score (nSPS) is 15.3. The van der Waals surface area contributed by atoms with Crippen molar-refractivity contribution in [2.24, 2.45) is 0 Å². The first-order valence-corrected chi connectivity index (χ1v) is 9.56. The Morgan fingerprint density at radius 3 is 2.53 bits per heavy atom. The van der Waals surface area contributed by atoms with Gasteiger partial charge >= 0.3 is 0 Å². The van der Waals surface area contributed by atoms with E-state index in [4.69, 9.17) is 9.47 Å². The maximum Gasteiger partial charge on any atom is 0.258 e. The molecule has 0 spiro atoms. The lowest BCUT2D eigenvalue weighted by Gasteiger charge is -2.23. The number of methoxy groups -OCH3 is 2. The van der Waals surface area contributed by atoms with Crippen molar-refractivity contribution in [2.45, 2.75) is 18.8 Å². The molecule has 1 aliphatic carbocycles. The molecule has 0 bridgehead atoms. The number of hydrogen-bond donors (Lipinski definition) is 1. The highest BCUT2D eigenvalue weighted by Gasteiger charge is 2.28. The maximum atomic E-state index is 12.6. The summed E-state index contributed by atoms with van der Waals surface area (Å²) in [6.07, 6.45) is 2.49. The van der Waals surface area contributed by atoms with Crippen LogP contribution in [-0.2, 0) is 6.42 Å². The Balaban J connectivity index is 1.55. The largest absolute Gasteiger partial charge is 0.497 e. The highest BCUT2D eigenvalue weighted by Crippen LogP contribution is 2.32. The van der Waals surface area contributed by atoms with Crippen LogP contribution in [0.3, 0.4) is 0 Å². The first-order valence-electron chi connectivity index (χ1n) is 9.56. The molecular weight excluding hydrogens is 382 g/mol. The Kier molecular flexibility index (Phi) is 5.43. The molecule has 0 aliphatic heterocycles. The number of carbonyl (C=O) groups is 2. The summed E-state index contributed by atoms with van der Waals surface area (Å²) in [6, 6.07) is 14.5. The van der Waals surface area contributed by atoms with Crippen LogP contribution in [0.15, 0.2) is 54.7 Å². The average Bonchev–Trinajstić information content (AvgIpc) is 2.79. The third kappa shape index (κ3) is 4.00. The second kappa shape index (κ2) is 8.32. The number of amides is 1. The van der Waals surface area contributed by atoms with E-state index in [9.17, 15) is 9.59 Å². The molecule has 7 nitrogen and oxygen atoms in total. The summed E-state index contributed by atoms with van der Waals surface area (Å²) in [4.78, 5) is 33.8. The van der Waals surface area contributed by atoms with Crippen molar-refractivity contribution in [2.75, 3.05) is 19.5 Å². The fraction of sp³-hybridized carbons (Fsp3) is 0.217. The van der Waals surface area contributed by atoms with Crippen molar-refractivity contribution in [3.8, 4) is 11.5 Å². The monoisotopic (exact) mass is 403 g/mol. The van der Waals surface area contributed by atoms with Crippen LogP contribution in [0.4, 0.5) is 5.95 Å². The van der Waals surface area contributed by atoms with Crippen LogP contribution in [0.2, 0.25) is 0 Å². The quantitative estimate of drug-likeness (QED) is 0.699. The topological polar surface area (TPSA) is 90.4 Å². The van der Waals surface area contributed by atoms with E-state index in [0.29, 0.717) is 35.4 Å². The van der Waals surface area contributed by atoms with Crippen LogP contribution >= 0.6 is 0 Å². The van der Waals surface area contributed by atoms with Crippen molar-refractivity contribution in [3.05, 3.63) is 77.1 Å². The van der Waals surface area contributed by atoms with Gasteiger partial charge < -0.3 is 9.47 Å². The zero-order valence-electron chi connectivity index (χ0n) is 16.7. The molecule has 0 unspecified atom stereocenters. The first-order chi connectivity index (χ1) is 14.6. The molecule has 1 heterocycles. The predicted molar refractivity (Wildman–Crippen MR) is 111 cm³/mol. The van der Waals surface area contributed by atoms with Gasteiger partial charge in [0.05, 0.1) is 25.5 Å². The number of rotatable bonds is 5. The Morgan fingerprint density at radius 2 is 1.80 bits per heavy atom. The average molecular weight is 403 g/mol. The van der Waals surface area contributed by atoms with Crippen LogP contribution in [0.1, 0.15) is 44.3 Å². The number of Topliss-reactive ketones (excluding diaryl/α,β-unsaturated/α-hetero) is 1. The summed E-state index contributed by atoms with van der Waals surface area (Å²) in [7, 11) is 3.16. The van der Waals surface area contributed by atoms with Gasteiger partial charge in [0.1, 0.15) is 11.5 Å². The Labute approximate surface area is 174 Å². The molecule has 30 heavy (non-hydrogen) atoms. The van der Waals surface area contributed by atoms with E-state index in [1.165, 1.54) is 6.20 Å². The lowest BCUT2D eigenvalue weighted by Crippen LogP contribution is -2.22.